The summed E-state index contributed by atoms with van der Waals surface area (Å²) >= 11 is -1.88. The van der Waals surface area contributed by atoms with Crippen molar-refractivity contribution in [2.24, 2.45) is 0 Å². The van der Waals surface area contributed by atoms with Crippen LogP contribution in [0.15, 0.2) is 24.6 Å². The second kappa shape index (κ2) is 5.94. The fourth-order valence-corrected chi connectivity index (χ4v) is 2.69. The van der Waals surface area contributed by atoms with Gasteiger partial charge in [0.15, 0.2) is 0 Å². The predicted molar refractivity (Wildman–Crippen MR) is 59.6 cm³/mol. The third-order valence-electron chi connectivity index (χ3n) is 2.37. The Bertz CT molecular complexity index is 335. The van der Waals surface area contributed by atoms with Gasteiger partial charge in [0.05, 0.1) is 0 Å². The van der Waals surface area contributed by atoms with Crippen LogP contribution in [-0.4, -0.2) is 57.0 Å². The first kappa shape index (κ1) is 12.3. The molecule has 0 saturated heterocycles. The average Bonchev–Trinajstić information content (AvgIpc) is 3.02. The second-order valence-corrected chi connectivity index (χ2v) is 5.19. The van der Waals surface area contributed by atoms with Crippen LogP contribution in [0.1, 0.15) is 12.8 Å². The monoisotopic (exact) mass is 344 g/mol. The van der Waals surface area contributed by atoms with Gasteiger partial charge in [0, 0.05) is 0 Å². The van der Waals surface area contributed by atoms with Gasteiger partial charge in [-0.15, -0.1) is 0 Å². The molecule has 0 aromatic rings. The van der Waals surface area contributed by atoms with Crippen LogP contribution in [0.3, 0.4) is 0 Å². The van der Waals surface area contributed by atoms with Crippen molar-refractivity contribution in [3.63, 3.8) is 0 Å². The molecule has 6 nitrogen and oxygen atoms in total. The third kappa shape index (κ3) is 3.39. The Balaban J connectivity index is 1.65. The summed E-state index contributed by atoms with van der Waals surface area (Å²) in [5.41, 5.74) is 0. The second-order valence-electron chi connectivity index (χ2n) is 3.55. The Kier molecular flexibility index (Phi) is 4.29. The van der Waals surface area contributed by atoms with Crippen LogP contribution in [0.2, 0.25) is 0 Å². The van der Waals surface area contributed by atoms with E-state index in [2.05, 4.69) is 0 Å². The zero-order valence-electron chi connectivity index (χ0n) is 9.17. The number of amides is 2. The minimum absolute atomic E-state index is 0.421. The van der Waals surface area contributed by atoms with E-state index < -0.39 is 34.2 Å². The van der Waals surface area contributed by atoms with Crippen LogP contribution in [0.5, 0.6) is 0 Å². The standard InChI is InChI=1S/2C5H7NO2.Sn/c2*7-5(8)6-3-1-2-4-6;/h2*1,3H,2,4H2,(H,7,8);/q;;+2/p-2. The van der Waals surface area contributed by atoms with Gasteiger partial charge in [0.25, 0.3) is 0 Å². The van der Waals surface area contributed by atoms with E-state index in [9.17, 15) is 9.59 Å². The molecule has 0 spiro atoms. The van der Waals surface area contributed by atoms with E-state index in [4.69, 9.17) is 6.15 Å². The van der Waals surface area contributed by atoms with Gasteiger partial charge in [-0.2, -0.15) is 0 Å². The van der Waals surface area contributed by atoms with Crippen molar-refractivity contribution < 1.29 is 15.7 Å². The molecule has 17 heavy (non-hydrogen) atoms. The maximum atomic E-state index is 11.4. The van der Waals surface area contributed by atoms with Gasteiger partial charge >= 0.3 is 110 Å². The molecule has 2 heterocycles. The predicted octanol–water partition coefficient (Wildman–Crippen LogP) is 1.23. The fourth-order valence-electron chi connectivity index (χ4n) is 1.49. The molecule has 0 unspecified atom stereocenters. The Morgan fingerprint density at radius 2 is 1.41 bits per heavy atom. The third-order valence-corrected chi connectivity index (χ3v) is 3.84. The van der Waals surface area contributed by atoms with Gasteiger partial charge in [0.1, 0.15) is 0 Å². The molecule has 0 aliphatic carbocycles. The van der Waals surface area contributed by atoms with Crippen LogP contribution in [-0.2, 0) is 6.15 Å². The van der Waals surface area contributed by atoms with E-state index >= 15 is 0 Å². The van der Waals surface area contributed by atoms with Gasteiger partial charge in [0.2, 0.25) is 0 Å². The van der Waals surface area contributed by atoms with E-state index in [0.29, 0.717) is 13.1 Å². The molecular formula is C10H12N2O4Sn. The summed E-state index contributed by atoms with van der Waals surface area (Å²) in [5, 5.41) is 0. The first-order valence-corrected chi connectivity index (χ1v) is 7.63. The van der Waals surface area contributed by atoms with Gasteiger partial charge in [-0.1, -0.05) is 0 Å². The number of carbonyl (C=O) groups excluding carboxylic acids is 2. The number of hydrogen-bond acceptors (Lipinski definition) is 4. The van der Waals surface area contributed by atoms with Crippen molar-refractivity contribution in [2.75, 3.05) is 13.1 Å². The molecule has 7 heteroatoms. The minimum atomic E-state index is -1.88. The SMILES string of the molecule is O=C([O][Sn][O]C(=O)N1C=CCC1)N1C=CCC1. The summed E-state index contributed by atoms with van der Waals surface area (Å²) in [6.07, 6.45) is 8.02. The summed E-state index contributed by atoms with van der Waals surface area (Å²) in [4.78, 5) is 25.8. The Morgan fingerprint density at radius 3 is 1.76 bits per heavy atom. The summed E-state index contributed by atoms with van der Waals surface area (Å²) in [6.45, 7) is 1.28. The van der Waals surface area contributed by atoms with Crippen molar-refractivity contribution in [1.29, 1.82) is 0 Å². The molecule has 2 radical (unpaired) electrons. The molecule has 2 aliphatic heterocycles. The van der Waals surface area contributed by atoms with Crippen molar-refractivity contribution in [3.8, 4) is 0 Å². The van der Waals surface area contributed by atoms with E-state index in [1.807, 2.05) is 12.2 Å². The van der Waals surface area contributed by atoms with Crippen molar-refractivity contribution in [2.45, 2.75) is 12.8 Å². The first-order valence-electron chi connectivity index (χ1n) is 5.30. The quantitative estimate of drug-likeness (QED) is 0.708. The Morgan fingerprint density at radius 1 is 0.941 bits per heavy atom. The van der Waals surface area contributed by atoms with Gasteiger partial charge in [-0.25, -0.2) is 0 Å². The van der Waals surface area contributed by atoms with E-state index in [-0.39, 0.29) is 0 Å². The number of hydrogen-bond donors (Lipinski definition) is 0. The van der Waals surface area contributed by atoms with Gasteiger partial charge in [-0.3, -0.25) is 0 Å². The molecular weight excluding hydrogens is 331 g/mol. The molecule has 0 fully saturated rings. The van der Waals surface area contributed by atoms with E-state index in [0.717, 1.165) is 12.8 Å². The first-order chi connectivity index (χ1) is 8.27. The van der Waals surface area contributed by atoms with Crippen LogP contribution < -0.4 is 0 Å². The van der Waals surface area contributed by atoms with Crippen molar-refractivity contribution in [3.05, 3.63) is 24.6 Å². The number of rotatable bonds is 2. The summed E-state index contributed by atoms with van der Waals surface area (Å²) in [5.74, 6) is 0. The zero-order chi connectivity index (χ0) is 12.1. The fraction of sp³-hybridized carbons (Fsp3) is 0.400. The molecule has 0 N–H and O–H groups in total. The molecule has 0 bridgehead atoms. The molecule has 2 aliphatic rings. The molecule has 0 aromatic carbocycles. The average molecular weight is 343 g/mol. The molecule has 2 amide bonds. The Labute approximate surface area is 110 Å². The molecule has 0 saturated carbocycles. The summed E-state index contributed by atoms with van der Waals surface area (Å²) in [7, 11) is 0. The molecule has 0 atom stereocenters. The van der Waals surface area contributed by atoms with Crippen LogP contribution >= 0.6 is 0 Å². The van der Waals surface area contributed by atoms with Gasteiger partial charge in [-0.05, 0) is 0 Å². The number of carbonyl (C=O) groups is 2. The summed E-state index contributed by atoms with van der Waals surface area (Å²) in [6, 6.07) is 0. The molecule has 0 aromatic heterocycles. The molecule has 2 rings (SSSR count). The zero-order valence-corrected chi connectivity index (χ0v) is 12.0. The summed E-state index contributed by atoms with van der Waals surface area (Å²) < 4.78 is 9.94. The maximum absolute atomic E-state index is 11.4. The van der Waals surface area contributed by atoms with Crippen LogP contribution in [0.25, 0.3) is 0 Å². The van der Waals surface area contributed by atoms with Crippen molar-refractivity contribution in [1.82, 2.24) is 9.80 Å². The van der Waals surface area contributed by atoms with Crippen LogP contribution in [0, 0.1) is 0 Å². The van der Waals surface area contributed by atoms with Crippen LogP contribution in [0.4, 0.5) is 9.59 Å². The van der Waals surface area contributed by atoms with E-state index in [1.165, 1.54) is 9.80 Å². The van der Waals surface area contributed by atoms with Gasteiger partial charge < -0.3 is 0 Å². The Hall–Kier alpha value is -1.18. The van der Waals surface area contributed by atoms with E-state index in [1.54, 1.807) is 12.4 Å². The van der Waals surface area contributed by atoms with Crippen molar-refractivity contribution >= 4 is 34.2 Å². The normalized spacial score (nSPS) is 17.6. The molecule has 90 valence electrons. The number of nitrogens with zero attached hydrogens (tertiary/aromatic N) is 2. The topological polar surface area (TPSA) is 59.1 Å².